The number of carboxylic acid groups (broad SMARTS) is 1. The fourth-order valence-electron chi connectivity index (χ4n) is 1.88. The number of aliphatic carboxylic acids is 1. The summed E-state index contributed by atoms with van der Waals surface area (Å²) in [4.78, 5) is 36.6. The molecular weight excluding hydrogens is 240 g/mol. The Morgan fingerprint density at radius 2 is 2.06 bits per heavy atom. The second-order valence-electron chi connectivity index (χ2n) is 4.37. The van der Waals surface area contributed by atoms with Crippen LogP contribution in [0.4, 0.5) is 0 Å². The summed E-state index contributed by atoms with van der Waals surface area (Å²) in [6.07, 6.45) is 0.0131. The molecular formula is C11H18N2O5. The number of carbonyl (C=O) groups excluding carboxylic acids is 2. The highest BCUT2D eigenvalue weighted by molar-refractivity contribution is 5.88. The number of nitrogens with zero attached hydrogens (tertiary/aromatic N) is 2. The fourth-order valence-corrected chi connectivity index (χ4v) is 1.88. The number of hydrogen-bond acceptors (Lipinski definition) is 4. The van der Waals surface area contributed by atoms with Gasteiger partial charge in [0.2, 0.25) is 11.8 Å². The largest absolute Gasteiger partial charge is 0.480 e. The second-order valence-corrected chi connectivity index (χ2v) is 4.37. The first-order valence-electron chi connectivity index (χ1n) is 5.63. The molecule has 1 aliphatic rings. The maximum atomic E-state index is 11.9. The molecule has 0 aromatic carbocycles. The van der Waals surface area contributed by atoms with Gasteiger partial charge in [-0.2, -0.15) is 0 Å². The first kappa shape index (κ1) is 14.4. The minimum Gasteiger partial charge on any atom is -0.480 e. The van der Waals surface area contributed by atoms with Gasteiger partial charge in [0.25, 0.3) is 0 Å². The predicted molar refractivity (Wildman–Crippen MR) is 61.9 cm³/mol. The Labute approximate surface area is 105 Å². The van der Waals surface area contributed by atoms with Gasteiger partial charge < -0.3 is 19.6 Å². The van der Waals surface area contributed by atoms with E-state index in [-0.39, 0.29) is 37.4 Å². The standard InChI is InChI=1S/C11H18N2O5/c1-7(14)12(2)6-10(15)13-5-8(18-3)4-9(13)11(16)17/h8-9H,4-6H2,1-3H3,(H,16,17). The number of amides is 2. The second kappa shape index (κ2) is 5.81. The van der Waals surface area contributed by atoms with E-state index in [1.165, 1.54) is 30.9 Å². The maximum absolute atomic E-state index is 11.9. The molecule has 2 atom stereocenters. The molecule has 2 amide bonds. The van der Waals surface area contributed by atoms with Crippen LogP contribution in [0.3, 0.4) is 0 Å². The lowest BCUT2D eigenvalue weighted by molar-refractivity contribution is -0.149. The van der Waals surface area contributed by atoms with Crippen LogP contribution in [0.5, 0.6) is 0 Å². The van der Waals surface area contributed by atoms with Gasteiger partial charge in [0.05, 0.1) is 12.6 Å². The molecule has 2 unspecified atom stereocenters. The Hall–Kier alpha value is -1.63. The molecule has 7 nitrogen and oxygen atoms in total. The van der Waals surface area contributed by atoms with Gasteiger partial charge in [-0.15, -0.1) is 0 Å². The number of carbonyl (C=O) groups is 3. The Balaban J connectivity index is 2.70. The summed E-state index contributed by atoms with van der Waals surface area (Å²) < 4.78 is 5.09. The van der Waals surface area contributed by atoms with Crippen LogP contribution in [0.15, 0.2) is 0 Å². The van der Waals surface area contributed by atoms with E-state index in [2.05, 4.69) is 0 Å². The minimum absolute atomic E-state index is 0.116. The molecule has 102 valence electrons. The molecule has 0 aromatic rings. The summed E-state index contributed by atoms with van der Waals surface area (Å²) in [5.74, 6) is -1.66. The van der Waals surface area contributed by atoms with Gasteiger partial charge in [-0.05, 0) is 0 Å². The molecule has 0 aliphatic carbocycles. The van der Waals surface area contributed by atoms with E-state index in [1.54, 1.807) is 0 Å². The lowest BCUT2D eigenvalue weighted by Gasteiger charge is -2.24. The quantitative estimate of drug-likeness (QED) is 0.711. The van der Waals surface area contributed by atoms with E-state index in [9.17, 15) is 14.4 Å². The van der Waals surface area contributed by atoms with E-state index in [0.717, 1.165) is 0 Å². The molecule has 0 aromatic heterocycles. The van der Waals surface area contributed by atoms with Crippen LogP contribution in [0.2, 0.25) is 0 Å². The summed E-state index contributed by atoms with van der Waals surface area (Å²) in [7, 11) is 2.99. The van der Waals surface area contributed by atoms with Crippen LogP contribution in [0.25, 0.3) is 0 Å². The van der Waals surface area contributed by atoms with Crippen LogP contribution in [0.1, 0.15) is 13.3 Å². The first-order chi connectivity index (χ1) is 8.36. The molecule has 1 fully saturated rings. The van der Waals surface area contributed by atoms with Gasteiger partial charge in [-0.3, -0.25) is 9.59 Å². The smallest absolute Gasteiger partial charge is 0.326 e. The summed E-state index contributed by atoms with van der Waals surface area (Å²) in [5, 5.41) is 9.06. The lowest BCUT2D eigenvalue weighted by atomic mass is 10.2. The highest BCUT2D eigenvalue weighted by Gasteiger charge is 2.39. The summed E-state index contributed by atoms with van der Waals surface area (Å²) in [6, 6.07) is -0.872. The number of likely N-dealkylation sites (tertiary alicyclic amines) is 1. The molecule has 1 aliphatic heterocycles. The number of ether oxygens (including phenoxy) is 1. The van der Waals surface area contributed by atoms with Crippen molar-refractivity contribution in [1.82, 2.24) is 9.80 Å². The molecule has 1 rings (SSSR count). The number of hydrogen-bond donors (Lipinski definition) is 1. The monoisotopic (exact) mass is 258 g/mol. The third-order valence-corrected chi connectivity index (χ3v) is 3.11. The SMILES string of the molecule is COC1CC(C(=O)O)N(C(=O)CN(C)C(C)=O)C1. The highest BCUT2D eigenvalue weighted by atomic mass is 16.5. The van der Waals surface area contributed by atoms with Crippen molar-refractivity contribution in [3.63, 3.8) is 0 Å². The molecule has 0 spiro atoms. The summed E-state index contributed by atoms with van der Waals surface area (Å²) >= 11 is 0. The van der Waals surface area contributed by atoms with E-state index >= 15 is 0 Å². The summed E-state index contributed by atoms with van der Waals surface area (Å²) in [6.45, 7) is 1.48. The van der Waals surface area contributed by atoms with Crippen molar-refractivity contribution < 1.29 is 24.2 Å². The third-order valence-electron chi connectivity index (χ3n) is 3.11. The van der Waals surface area contributed by atoms with Crippen LogP contribution in [-0.2, 0) is 19.1 Å². The summed E-state index contributed by atoms with van der Waals surface area (Å²) in [5.41, 5.74) is 0. The predicted octanol–water partition coefficient (Wildman–Crippen LogP) is -0.835. The van der Waals surface area contributed by atoms with Gasteiger partial charge in [0.15, 0.2) is 0 Å². The van der Waals surface area contributed by atoms with Gasteiger partial charge in [-0.1, -0.05) is 0 Å². The Morgan fingerprint density at radius 1 is 1.44 bits per heavy atom. The lowest BCUT2D eigenvalue weighted by Crippen LogP contribution is -2.45. The van der Waals surface area contributed by atoms with E-state index < -0.39 is 12.0 Å². The Kier molecular flexibility index (Phi) is 4.66. The van der Waals surface area contributed by atoms with Gasteiger partial charge in [0, 0.05) is 34.0 Å². The van der Waals surface area contributed by atoms with Crippen molar-refractivity contribution >= 4 is 17.8 Å². The van der Waals surface area contributed by atoms with Crippen LogP contribution >= 0.6 is 0 Å². The molecule has 0 saturated carbocycles. The minimum atomic E-state index is -1.05. The molecule has 18 heavy (non-hydrogen) atoms. The van der Waals surface area contributed by atoms with Crippen molar-refractivity contribution in [2.75, 3.05) is 27.2 Å². The van der Waals surface area contributed by atoms with Crippen LogP contribution < -0.4 is 0 Å². The number of methoxy groups -OCH3 is 1. The maximum Gasteiger partial charge on any atom is 0.326 e. The molecule has 7 heteroatoms. The Bertz CT molecular complexity index is 357. The number of carboxylic acids is 1. The number of rotatable bonds is 4. The molecule has 1 heterocycles. The van der Waals surface area contributed by atoms with E-state index in [0.29, 0.717) is 0 Å². The third kappa shape index (κ3) is 3.19. The normalized spacial score (nSPS) is 22.9. The van der Waals surface area contributed by atoms with Crippen LogP contribution in [-0.4, -0.2) is 72.1 Å². The molecule has 1 saturated heterocycles. The molecule has 1 N–H and O–H groups in total. The Morgan fingerprint density at radius 3 is 2.50 bits per heavy atom. The van der Waals surface area contributed by atoms with Crippen molar-refractivity contribution in [2.45, 2.75) is 25.5 Å². The van der Waals surface area contributed by atoms with E-state index in [4.69, 9.17) is 9.84 Å². The average Bonchev–Trinajstić information content (AvgIpc) is 2.72. The average molecular weight is 258 g/mol. The highest BCUT2D eigenvalue weighted by Crippen LogP contribution is 2.20. The van der Waals surface area contributed by atoms with Gasteiger partial charge in [-0.25, -0.2) is 4.79 Å². The van der Waals surface area contributed by atoms with E-state index in [1.807, 2.05) is 0 Å². The molecule has 0 bridgehead atoms. The van der Waals surface area contributed by atoms with Crippen molar-refractivity contribution in [1.29, 1.82) is 0 Å². The van der Waals surface area contributed by atoms with Crippen molar-refractivity contribution in [2.24, 2.45) is 0 Å². The van der Waals surface area contributed by atoms with Crippen molar-refractivity contribution in [3.05, 3.63) is 0 Å². The molecule has 0 radical (unpaired) electrons. The van der Waals surface area contributed by atoms with Gasteiger partial charge >= 0.3 is 5.97 Å². The van der Waals surface area contributed by atoms with Gasteiger partial charge in [0.1, 0.15) is 6.04 Å². The zero-order chi connectivity index (χ0) is 13.9. The zero-order valence-corrected chi connectivity index (χ0v) is 10.8. The zero-order valence-electron chi connectivity index (χ0n) is 10.8. The van der Waals surface area contributed by atoms with Crippen LogP contribution in [0, 0.1) is 0 Å². The topological polar surface area (TPSA) is 87.2 Å². The van der Waals surface area contributed by atoms with Crippen molar-refractivity contribution in [3.8, 4) is 0 Å². The number of likely N-dealkylation sites (N-methyl/N-ethyl adjacent to an activating group) is 1. The fraction of sp³-hybridized carbons (Fsp3) is 0.727. The first-order valence-corrected chi connectivity index (χ1v) is 5.63.